The van der Waals surface area contributed by atoms with Gasteiger partial charge in [0.2, 0.25) is 13.6 Å². The van der Waals surface area contributed by atoms with Crippen LogP contribution in [-0.2, 0) is 22.4 Å². The first-order chi connectivity index (χ1) is 13.7. The molecule has 2 aromatic rings. The molecule has 2 aromatic carbocycles. The Balaban J connectivity index is 1.22. The Kier molecular flexibility index (Phi) is 5.28. The van der Waals surface area contributed by atoms with E-state index in [9.17, 15) is 9.59 Å². The van der Waals surface area contributed by atoms with Crippen molar-refractivity contribution in [3.63, 3.8) is 0 Å². The van der Waals surface area contributed by atoms with Crippen LogP contribution < -0.4 is 18.9 Å². The fourth-order valence-corrected chi connectivity index (χ4v) is 3.08. The van der Waals surface area contributed by atoms with Gasteiger partial charge in [-0.15, -0.1) is 0 Å². The minimum atomic E-state index is -0.0749. The van der Waals surface area contributed by atoms with Gasteiger partial charge >= 0.3 is 0 Å². The van der Waals surface area contributed by atoms with Crippen LogP contribution in [0.1, 0.15) is 24.0 Å². The molecule has 0 saturated carbocycles. The number of rotatable bonds is 8. The number of ketones is 2. The fourth-order valence-electron chi connectivity index (χ4n) is 3.08. The number of ether oxygens (including phenoxy) is 4. The van der Waals surface area contributed by atoms with Crippen molar-refractivity contribution in [1.82, 2.24) is 0 Å². The molecule has 28 heavy (non-hydrogen) atoms. The number of hydrogen-bond donors (Lipinski definition) is 0. The van der Waals surface area contributed by atoms with Gasteiger partial charge in [0.05, 0.1) is 0 Å². The van der Waals surface area contributed by atoms with Gasteiger partial charge in [-0.2, -0.15) is 0 Å². The van der Waals surface area contributed by atoms with Crippen LogP contribution >= 0.6 is 0 Å². The smallest absolute Gasteiger partial charge is 0.231 e. The van der Waals surface area contributed by atoms with Gasteiger partial charge in [-0.3, -0.25) is 9.59 Å². The van der Waals surface area contributed by atoms with Crippen LogP contribution in [0.25, 0.3) is 0 Å². The van der Waals surface area contributed by atoms with Gasteiger partial charge in [0.15, 0.2) is 34.6 Å². The van der Waals surface area contributed by atoms with Crippen molar-refractivity contribution in [1.29, 1.82) is 0 Å². The van der Waals surface area contributed by atoms with Crippen molar-refractivity contribution in [2.75, 3.05) is 13.6 Å². The number of carbonyl (C=O) groups excluding carboxylic acids is 2. The Morgan fingerprint density at radius 1 is 0.679 bits per heavy atom. The van der Waals surface area contributed by atoms with Gasteiger partial charge in [-0.1, -0.05) is 12.1 Å². The van der Waals surface area contributed by atoms with E-state index >= 15 is 0 Å². The summed E-state index contributed by atoms with van der Waals surface area (Å²) in [7, 11) is 0. The Labute approximate surface area is 162 Å². The highest BCUT2D eigenvalue weighted by atomic mass is 16.7. The first-order valence-electron chi connectivity index (χ1n) is 9.18. The molecule has 2 heterocycles. The molecule has 2 aliphatic rings. The molecular formula is C22H20O6. The fraction of sp³-hybridized carbons (Fsp3) is 0.273. The van der Waals surface area contributed by atoms with Gasteiger partial charge in [-0.05, 0) is 60.4 Å². The average Bonchev–Trinajstić information content (AvgIpc) is 3.37. The predicted octanol–water partition coefficient (Wildman–Crippen LogP) is 3.40. The zero-order chi connectivity index (χ0) is 19.3. The molecule has 144 valence electrons. The van der Waals surface area contributed by atoms with Crippen LogP contribution in [-0.4, -0.2) is 25.2 Å². The van der Waals surface area contributed by atoms with E-state index in [1.807, 2.05) is 36.4 Å². The van der Waals surface area contributed by atoms with E-state index in [2.05, 4.69) is 0 Å². The summed E-state index contributed by atoms with van der Waals surface area (Å²) in [5, 5.41) is 0. The second-order valence-corrected chi connectivity index (χ2v) is 6.64. The molecule has 6 nitrogen and oxygen atoms in total. The molecule has 0 spiro atoms. The number of carbonyl (C=O) groups is 2. The third-order valence-corrected chi connectivity index (χ3v) is 4.65. The molecule has 2 aliphatic heterocycles. The summed E-state index contributed by atoms with van der Waals surface area (Å²) in [6.07, 6.45) is 4.59. The molecule has 0 atom stereocenters. The molecular weight excluding hydrogens is 360 g/mol. The molecule has 0 fully saturated rings. The van der Waals surface area contributed by atoms with Crippen molar-refractivity contribution >= 4 is 11.6 Å². The highest BCUT2D eigenvalue weighted by Gasteiger charge is 2.14. The highest BCUT2D eigenvalue weighted by Crippen LogP contribution is 2.33. The second-order valence-electron chi connectivity index (χ2n) is 6.64. The third-order valence-electron chi connectivity index (χ3n) is 4.65. The number of benzene rings is 2. The normalized spacial score (nSPS) is 13.9. The van der Waals surface area contributed by atoms with Crippen molar-refractivity contribution in [2.45, 2.75) is 25.7 Å². The van der Waals surface area contributed by atoms with Gasteiger partial charge in [0, 0.05) is 12.8 Å². The maximum atomic E-state index is 12.0. The summed E-state index contributed by atoms with van der Waals surface area (Å²) in [6.45, 7) is 0.462. The van der Waals surface area contributed by atoms with E-state index in [1.54, 1.807) is 0 Å². The second kappa shape index (κ2) is 8.17. The van der Waals surface area contributed by atoms with Crippen molar-refractivity contribution in [3.05, 3.63) is 59.7 Å². The number of aryl methyl sites for hydroxylation is 2. The highest BCUT2D eigenvalue weighted by molar-refractivity contribution is 5.98. The number of hydrogen-bond acceptors (Lipinski definition) is 6. The molecule has 4 rings (SSSR count). The number of fused-ring (bicyclic) bond motifs is 2. The van der Waals surface area contributed by atoms with Crippen LogP contribution in [0, 0.1) is 0 Å². The van der Waals surface area contributed by atoms with Crippen molar-refractivity contribution < 1.29 is 28.5 Å². The van der Waals surface area contributed by atoms with E-state index in [0.29, 0.717) is 37.2 Å². The molecule has 6 heteroatoms. The summed E-state index contributed by atoms with van der Waals surface area (Å²) in [5.74, 6) is 2.72. The molecule has 0 amide bonds. The van der Waals surface area contributed by atoms with E-state index in [-0.39, 0.29) is 25.2 Å². The Morgan fingerprint density at radius 2 is 1.11 bits per heavy atom. The summed E-state index contributed by atoms with van der Waals surface area (Å²) in [6, 6.07) is 11.3. The molecule has 0 bridgehead atoms. The molecule has 0 radical (unpaired) electrons. The lowest BCUT2D eigenvalue weighted by Gasteiger charge is -2.02. The minimum Gasteiger partial charge on any atom is -0.454 e. The lowest BCUT2D eigenvalue weighted by atomic mass is 10.0. The lowest BCUT2D eigenvalue weighted by molar-refractivity contribution is -0.116. The molecule has 0 aromatic heterocycles. The molecule has 0 aliphatic carbocycles. The van der Waals surface area contributed by atoms with Gasteiger partial charge in [-0.25, -0.2) is 0 Å². The monoisotopic (exact) mass is 380 g/mol. The van der Waals surface area contributed by atoms with Crippen LogP contribution in [0.5, 0.6) is 23.0 Å². The zero-order valence-corrected chi connectivity index (χ0v) is 15.3. The SMILES string of the molecule is O=C(/C=C/C(=O)CCc1ccc2c(c1)OCO2)CCc1ccc2c(c1)OCO2. The zero-order valence-electron chi connectivity index (χ0n) is 15.3. The average molecular weight is 380 g/mol. The Bertz CT molecular complexity index is 855. The first kappa shape index (κ1) is 18.1. The van der Waals surface area contributed by atoms with E-state index in [0.717, 1.165) is 22.6 Å². The van der Waals surface area contributed by atoms with Gasteiger partial charge < -0.3 is 18.9 Å². The molecule has 0 saturated heterocycles. The quantitative estimate of drug-likeness (QED) is 0.654. The summed E-state index contributed by atoms with van der Waals surface area (Å²) in [5.41, 5.74) is 2.00. The summed E-state index contributed by atoms with van der Waals surface area (Å²) >= 11 is 0. The Morgan fingerprint density at radius 3 is 1.57 bits per heavy atom. The minimum absolute atomic E-state index is 0.0749. The third kappa shape index (κ3) is 4.34. The van der Waals surface area contributed by atoms with Gasteiger partial charge in [0.25, 0.3) is 0 Å². The maximum absolute atomic E-state index is 12.0. The maximum Gasteiger partial charge on any atom is 0.231 e. The standard InChI is InChI=1S/C22H20O6/c23-17(5-1-15-3-9-19-21(11-15)27-13-25-19)7-8-18(24)6-2-16-4-10-20-22(12-16)28-14-26-20/h3-4,7-12H,1-2,5-6,13-14H2/b8-7+. The van der Waals surface area contributed by atoms with Crippen LogP contribution in [0.15, 0.2) is 48.6 Å². The van der Waals surface area contributed by atoms with E-state index < -0.39 is 0 Å². The lowest BCUT2D eigenvalue weighted by Crippen LogP contribution is -2.00. The first-order valence-corrected chi connectivity index (χ1v) is 9.18. The molecule has 0 unspecified atom stereocenters. The van der Waals surface area contributed by atoms with E-state index in [1.165, 1.54) is 12.2 Å². The van der Waals surface area contributed by atoms with Crippen LogP contribution in [0.4, 0.5) is 0 Å². The molecule has 0 N–H and O–H groups in total. The predicted molar refractivity (Wildman–Crippen MR) is 101 cm³/mol. The van der Waals surface area contributed by atoms with Gasteiger partial charge in [0.1, 0.15) is 0 Å². The van der Waals surface area contributed by atoms with E-state index in [4.69, 9.17) is 18.9 Å². The van der Waals surface area contributed by atoms with Crippen molar-refractivity contribution in [2.24, 2.45) is 0 Å². The number of allylic oxidation sites excluding steroid dienone is 2. The van der Waals surface area contributed by atoms with Crippen LogP contribution in [0.2, 0.25) is 0 Å². The van der Waals surface area contributed by atoms with Crippen molar-refractivity contribution in [3.8, 4) is 23.0 Å². The Hall–Kier alpha value is -3.28. The topological polar surface area (TPSA) is 71.1 Å². The summed E-state index contributed by atoms with van der Waals surface area (Å²) in [4.78, 5) is 24.1. The van der Waals surface area contributed by atoms with Crippen LogP contribution in [0.3, 0.4) is 0 Å². The summed E-state index contributed by atoms with van der Waals surface area (Å²) < 4.78 is 21.2. The largest absolute Gasteiger partial charge is 0.454 e.